The number of aliphatic carboxylic acids is 1. The number of nitrogens with one attached hydrogen (secondary N) is 3. The minimum absolute atomic E-state index is 0.0810. The molecule has 5 atom stereocenters. The lowest BCUT2D eigenvalue weighted by molar-refractivity contribution is -0.142. The van der Waals surface area contributed by atoms with E-state index in [1.165, 1.54) is 0 Å². The van der Waals surface area contributed by atoms with Gasteiger partial charge >= 0.3 is 5.97 Å². The van der Waals surface area contributed by atoms with E-state index in [2.05, 4.69) is 20.9 Å². The third kappa shape index (κ3) is 11.2. The number of nitrogens with two attached hydrogens (primary N) is 3. The number of aliphatic imine (C=N–C) groups is 1. The molecule has 0 fully saturated rings. The Morgan fingerprint density at radius 3 is 2.05 bits per heavy atom. The lowest BCUT2D eigenvalue weighted by atomic mass is 9.98. The van der Waals surface area contributed by atoms with Gasteiger partial charge in [0.1, 0.15) is 18.1 Å². The molecule has 0 aliphatic rings. The Morgan fingerprint density at radius 1 is 0.921 bits per heavy atom. The van der Waals surface area contributed by atoms with E-state index in [4.69, 9.17) is 17.2 Å². The summed E-state index contributed by atoms with van der Waals surface area (Å²) in [7, 11) is 0. The van der Waals surface area contributed by atoms with Crippen molar-refractivity contribution in [3.8, 4) is 0 Å². The van der Waals surface area contributed by atoms with E-state index < -0.39 is 47.9 Å². The van der Waals surface area contributed by atoms with Crippen LogP contribution in [0.5, 0.6) is 0 Å². The van der Waals surface area contributed by atoms with Crippen LogP contribution in [0.1, 0.15) is 52.5 Å². The van der Waals surface area contributed by atoms with Gasteiger partial charge in [0.2, 0.25) is 17.7 Å². The molecule has 0 spiro atoms. The molecule has 3 amide bonds. The third-order valence-corrected chi connectivity index (χ3v) is 6.28. The second kappa shape index (κ2) is 16.2. The minimum Gasteiger partial charge on any atom is -0.480 e. The molecule has 0 aromatic heterocycles. The molecule has 38 heavy (non-hydrogen) atoms. The average molecular weight is 534 g/mol. The normalized spacial score (nSPS) is 14.9. The van der Waals surface area contributed by atoms with E-state index in [9.17, 15) is 24.3 Å². The van der Waals surface area contributed by atoms with Crippen molar-refractivity contribution in [2.24, 2.45) is 34.0 Å². The molecule has 0 radical (unpaired) electrons. The highest BCUT2D eigenvalue weighted by molar-refractivity contribution is 5.94. The topological polar surface area (TPSA) is 215 Å². The Balaban J connectivity index is 3.01. The van der Waals surface area contributed by atoms with Crippen molar-refractivity contribution in [3.63, 3.8) is 0 Å². The number of nitrogens with zero attached hydrogens (tertiary/aromatic N) is 1. The minimum atomic E-state index is -1.19. The van der Waals surface area contributed by atoms with Crippen molar-refractivity contribution in [1.29, 1.82) is 0 Å². The van der Waals surface area contributed by atoms with Crippen LogP contribution < -0.4 is 33.2 Å². The zero-order valence-electron chi connectivity index (χ0n) is 22.6. The molecule has 12 heteroatoms. The summed E-state index contributed by atoms with van der Waals surface area (Å²) in [6.07, 6.45) is 1.34. The zero-order chi connectivity index (χ0) is 28.8. The number of guanidine groups is 1. The summed E-state index contributed by atoms with van der Waals surface area (Å²) in [6, 6.07) is 4.86. The van der Waals surface area contributed by atoms with Crippen molar-refractivity contribution in [3.05, 3.63) is 35.9 Å². The number of carbonyl (C=O) groups excluding carboxylic acids is 3. The van der Waals surface area contributed by atoms with E-state index in [0.29, 0.717) is 12.8 Å². The Bertz CT molecular complexity index is 951. The molecule has 0 aliphatic carbocycles. The highest BCUT2D eigenvalue weighted by atomic mass is 16.4. The average Bonchev–Trinajstić information content (AvgIpc) is 2.87. The van der Waals surface area contributed by atoms with E-state index in [-0.39, 0.29) is 37.2 Å². The maximum Gasteiger partial charge on any atom is 0.326 e. The third-order valence-electron chi connectivity index (χ3n) is 6.28. The second-order valence-electron chi connectivity index (χ2n) is 9.74. The molecule has 5 unspecified atom stereocenters. The predicted molar refractivity (Wildman–Crippen MR) is 146 cm³/mol. The summed E-state index contributed by atoms with van der Waals surface area (Å²) in [6.45, 7) is 7.44. The fourth-order valence-electron chi connectivity index (χ4n) is 3.65. The molecular weight excluding hydrogens is 490 g/mol. The van der Waals surface area contributed by atoms with Crippen molar-refractivity contribution >= 4 is 29.7 Å². The lowest BCUT2D eigenvalue weighted by Crippen LogP contribution is -2.59. The van der Waals surface area contributed by atoms with Crippen LogP contribution in [0.4, 0.5) is 0 Å². The fraction of sp³-hybridized carbons (Fsp3) is 0.577. The molecule has 12 nitrogen and oxygen atoms in total. The van der Waals surface area contributed by atoms with E-state index in [1.807, 2.05) is 19.9 Å². The van der Waals surface area contributed by atoms with Gasteiger partial charge in [0.15, 0.2) is 5.96 Å². The van der Waals surface area contributed by atoms with Gasteiger partial charge in [-0.15, -0.1) is 0 Å². The molecule has 0 heterocycles. The molecule has 212 valence electrons. The smallest absolute Gasteiger partial charge is 0.326 e. The van der Waals surface area contributed by atoms with Gasteiger partial charge in [-0.3, -0.25) is 19.4 Å². The standard InChI is InChI=1S/C26H43N7O5/c1-5-16(4)20(27)23(35)31-18(12-9-13-30-26(28)29)22(34)33-21(15(2)3)24(36)32-19(25(37)38)14-17-10-7-6-8-11-17/h6-8,10-11,15-16,18-21H,5,9,12-14,27H2,1-4H3,(H,31,35)(H,32,36)(H,33,34)(H,37,38)(H4,28,29,30). The summed E-state index contributed by atoms with van der Waals surface area (Å²) in [4.78, 5) is 54.8. The number of carboxylic acids is 1. The summed E-state index contributed by atoms with van der Waals surface area (Å²) in [5, 5.41) is 17.5. The first-order chi connectivity index (χ1) is 17.9. The van der Waals surface area contributed by atoms with Gasteiger partial charge in [-0.1, -0.05) is 64.4 Å². The first-order valence-electron chi connectivity index (χ1n) is 12.9. The molecule has 0 bridgehead atoms. The largest absolute Gasteiger partial charge is 0.480 e. The van der Waals surface area contributed by atoms with Gasteiger partial charge in [0, 0.05) is 13.0 Å². The van der Waals surface area contributed by atoms with Gasteiger partial charge < -0.3 is 38.3 Å². The van der Waals surface area contributed by atoms with Crippen LogP contribution >= 0.6 is 0 Å². The maximum atomic E-state index is 13.3. The lowest BCUT2D eigenvalue weighted by Gasteiger charge is -2.27. The number of carboxylic acid groups (broad SMARTS) is 1. The van der Waals surface area contributed by atoms with Gasteiger partial charge in [-0.25, -0.2) is 4.79 Å². The predicted octanol–water partition coefficient (Wildman–Crippen LogP) is -0.149. The Hall–Kier alpha value is -3.67. The van der Waals surface area contributed by atoms with Crippen LogP contribution in [-0.4, -0.2) is 65.5 Å². The summed E-state index contributed by atoms with van der Waals surface area (Å²) in [5.41, 5.74) is 17.5. The number of rotatable bonds is 16. The molecule has 0 saturated heterocycles. The van der Waals surface area contributed by atoms with Crippen molar-refractivity contribution in [2.75, 3.05) is 6.54 Å². The SMILES string of the molecule is CCC(C)C(N)C(=O)NC(CCCN=C(N)N)C(=O)NC(C(=O)NC(Cc1ccccc1)C(=O)O)C(C)C. The number of benzene rings is 1. The van der Waals surface area contributed by atoms with Crippen molar-refractivity contribution in [2.45, 2.75) is 77.5 Å². The molecule has 1 aromatic rings. The maximum absolute atomic E-state index is 13.3. The van der Waals surface area contributed by atoms with E-state index in [1.54, 1.807) is 38.1 Å². The fourth-order valence-corrected chi connectivity index (χ4v) is 3.65. The summed E-state index contributed by atoms with van der Waals surface area (Å²) < 4.78 is 0. The quantitative estimate of drug-likeness (QED) is 0.0859. The number of amides is 3. The molecule has 0 saturated carbocycles. The first kappa shape index (κ1) is 32.4. The van der Waals surface area contributed by atoms with Crippen LogP contribution in [0.25, 0.3) is 0 Å². The number of carbonyl (C=O) groups is 4. The molecule has 0 aliphatic heterocycles. The highest BCUT2D eigenvalue weighted by Crippen LogP contribution is 2.10. The Kier molecular flexibility index (Phi) is 13.8. The Labute approximate surface area is 224 Å². The number of hydrogen-bond donors (Lipinski definition) is 7. The van der Waals surface area contributed by atoms with E-state index >= 15 is 0 Å². The van der Waals surface area contributed by atoms with Crippen LogP contribution in [0.2, 0.25) is 0 Å². The van der Waals surface area contributed by atoms with Gasteiger partial charge in [0.25, 0.3) is 0 Å². The van der Waals surface area contributed by atoms with Gasteiger partial charge in [-0.05, 0) is 30.2 Å². The zero-order valence-corrected chi connectivity index (χ0v) is 22.6. The molecular formula is C26H43N7O5. The van der Waals surface area contributed by atoms with Crippen LogP contribution in [0.15, 0.2) is 35.3 Å². The molecule has 10 N–H and O–H groups in total. The van der Waals surface area contributed by atoms with Gasteiger partial charge in [0.05, 0.1) is 6.04 Å². The van der Waals surface area contributed by atoms with Crippen molar-refractivity contribution < 1.29 is 24.3 Å². The molecule has 1 rings (SSSR count). The summed E-state index contributed by atoms with van der Waals surface area (Å²) in [5.74, 6) is -3.48. The number of hydrogen-bond acceptors (Lipinski definition) is 6. The van der Waals surface area contributed by atoms with Crippen LogP contribution in [0.3, 0.4) is 0 Å². The summed E-state index contributed by atoms with van der Waals surface area (Å²) >= 11 is 0. The first-order valence-corrected chi connectivity index (χ1v) is 12.9. The van der Waals surface area contributed by atoms with Gasteiger partial charge in [-0.2, -0.15) is 0 Å². The van der Waals surface area contributed by atoms with E-state index in [0.717, 1.165) is 5.56 Å². The second-order valence-corrected chi connectivity index (χ2v) is 9.74. The Morgan fingerprint density at radius 2 is 1.53 bits per heavy atom. The van der Waals surface area contributed by atoms with Crippen LogP contribution in [0, 0.1) is 11.8 Å². The van der Waals surface area contributed by atoms with Crippen molar-refractivity contribution in [1.82, 2.24) is 16.0 Å². The van der Waals surface area contributed by atoms with Crippen LogP contribution in [-0.2, 0) is 25.6 Å². The molecule has 1 aromatic carbocycles. The highest BCUT2D eigenvalue weighted by Gasteiger charge is 2.32. The monoisotopic (exact) mass is 533 g/mol.